The van der Waals surface area contributed by atoms with Crippen molar-refractivity contribution in [3.8, 4) is 0 Å². The van der Waals surface area contributed by atoms with E-state index >= 15 is 0 Å². The predicted octanol–water partition coefficient (Wildman–Crippen LogP) is 4.49. The summed E-state index contributed by atoms with van der Waals surface area (Å²) < 4.78 is 15.6. The fourth-order valence-electron chi connectivity index (χ4n) is 2.48. The molecule has 0 spiro atoms. The summed E-state index contributed by atoms with van der Waals surface area (Å²) in [7, 11) is 0. The van der Waals surface area contributed by atoms with Gasteiger partial charge in [-0.25, -0.2) is 4.39 Å². The monoisotopic (exact) mass is 360 g/mol. The second-order valence-corrected chi connectivity index (χ2v) is 5.96. The van der Waals surface area contributed by atoms with Crippen molar-refractivity contribution in [3.63, 3.8) is 0 Å². The number of carbonyl (C=O) groups is 1. The lowest BCUT2D eigenvalue weighted by atomic mass is 10.2. The minimum atomic E-state index is -0.350. The first kappa shape index (κ1) is 14.8. The van der Waals surface area contributed by atoms with Gasteiger partial charge in [-0.1, -0.05) is 18.2 Å². The fourth-order valence-corrected chi connectivity index (χ4v) is 2.93. The molecule has 3 nitrogen and oxygen atoms in total. The molecule has 0 atom stereocenters. The fraction of sp³-hybridized carbons (Fsp3) is 0.118. The average molecular weight is 361 g/mol. The molecule has 2 aromatic carbocycles. The Balaban J connectivity index is 1.83. The van der Waals surface area contributed by atoms with E-state index in [9.17, 15) is 9.18 Å². The van der Waals surface area contributed by atoms with Gasteiger partial charge in [0.2, 0.25) is 5.91 Å². The van der Waals surface area contributed by atoms with Gasteiger partial charge in [0.25, 0.3) is 0 Å². The van der Waals surface area contributed by atoms with Gasteiger partial charge in [0, 0.05) is 15.7 Å². The molecule has 112 valence electrons. The van der Waals surface area contributed by atoms with Crippen LogP contribution in [0, 0.1) is 12.7 Å². The maximum Gasteiger partial charge on any atom is 0.244 e. The highest BCUT2D eigenvalue weighted by Gasteiger charge is 2.11. The van der Waals surface area contributed by atoms with E-state index in [1.807, 2.05) is 35.8 Å². The lowest BCUT2D eigenvalue weighted by molar-refractivity contribution is -0.116. The number of hydrogen-bond donors (Lipinski definition) is 1. The van der Waals surface area contributed by atoms with E-state index in [1.54, 1.807) is 0 Å². The maximum atomic E-state index is 13.1. The van der Waals surface area contributed by atoms with Gasteiger partial charge in [0.15, 0.2) is 0 Å². The third-order valence-corrected chi connectivity index (χ3v) is 4.18. The summed E-state index contributed by atoms with van der Waals surface area (Å²) in [5, 5.41) is 3.90. The van der Waals surface area contributed by atoms with E-state index in [4.69, 9.17) is 0 Å². The molecule has 0 saturated heterocycles. The van der Waals surface area contributed by atoms with Crippen molar-refractivity contribution < 1.29 is 9.18 Å². The van der Waals surface area contributed by atoms with Gasteiger partial charge in [0.1, 0.15) is 12.4 Å². The molecule has 1 N–H and O–H groups in total. The summed E-state index contributed by atoms with van der Waals surface area (Å²) in [5.74, 6) is -0.506. The third-order valence-electron chi connectivity index (χ3n) is 3.52. The zero-order valence-electron chi connectivity index (χ0n) is 11.9. The predicted molar refractivity (Wildman–Crippen MR) is 89.4 cm³/mol. The Morgan fingerprint density at radius 1 is 1.23 bits per heavy atom. The Kier molecular flexibility index (Phi) is 3.98. The molecule has 0 aliphatic carbocycles. The molecule has 1 aromatic heterocycles. The number of nitrogens with zero attached hydrogens (tertiary/aromatic N) is 1. The first-order chi connectivity index (χ1) is 10.5. The largest absolute Gasteiger partial charge is 0.335 e. The number of anilines is 1. The van der Waals surface area contributed by atoms with Crippen LogP contribution in [0.2, 0.25) is 0 Å². The Morgan fingerprint density at radius 3 is 2.77 bits per heavy atom. The van der Waals surface area contributed by atoms with Gasteiger partial charge in [-0.3, -0.25) is 4.79 Å². The van der Waals surface area contributed by atoms with E-state index < -0.39 is 0 Å². The number of rotatable bonds is 3. The summed E-state index contributed by atoms with van der Waals surface area (Å²) in [6, 6.07) is 14.2. The number of benzene rings is 2. The quantitative estimate of drug-likeness (QED) is 0.733. The van der Waals surface area contributed by atoms with Crippen LogP contribution in [0.5, 0.6) is 0 Å². The lowest BCUT2D eigenvalue weighted by Gasteiger charge is -2.10. The van der Waals surface area contributed by atoms with Crippen LogP contribution in [0.25, 0.3) is 10.9 Å². The number of aryl methyl sites for hydroxylation is 1. The molecule has 0 fully saturated rings. The number of hydrogen-bond acceptors (Lipinski definition) is 1. The van der Waals surface area contributed by atoms with Crippen molar-refractivity contribution in [1.29, 1.82) is 0 Å². The van der Waals surface area contributed by atoms with Crippen molar-refractivity contribution in [2.24, 2.45) is 0 Å². The summed E-state index contributed by atoms with van der Waals surface area (Å²) in [6.45, 7) is 2.18. The van der Waals surface area contributed by atoms with E-state index in [2.05, 4.69) is 27.3 Å². The maximum absolute atomic E-state index is 13.1. The first-order valence-corrected chi connectivity index (χ1v) is 7.63. The van der Waals surface area contributed by atoms with Gasteiger partial charge < -0.3 is 9.88 Å². The molecule has 1 amide bonds. The number of fused-ring (bicyclic) bond motifs is 1. The van der Waals surface area contributed by atoms with Crippen LogP contribution in [0.4, 0.5) is 10.1 Å². The second-order valence-electron chi connectivity index (χ2n) is 5.10. The lowest BCUT2D eigenvalue weighted by Crippen LogP contribution is -2.19. The summed E-state index contributed by atoms with van der Waals surface area (Å²) in [6.07, 6.45) is 0. The molecule has 3 aromatic rings. The number of carbonyl (C=O) groups excluding carboxylic acids is 1. The van der Waals surface area contributed by atoms with Crippen molar-refractivity contribution in [1.82, 2.24) is 4.57 Å². The highest BCUT2D eigenvalue weighted by Crippen LogP contribution is 2.24. The van der Waals surface area contributed by atoms with Crippen molar-refractivity contribution in [3.05, 3.63) is 64.5 Å². The van der Waals surface area contributed by atoms with Crippen LogP contribution < -0.4 is 5.32 Å². The van der Waals surface area contributed by atoms with Gasteiger partial charge in [-0.15, -0.1) is 0 Å². The zero-order chi connectivity index (χ0) is 15.7. The Bertz CT molecular complexity index is 857. The Morgan fingerprint density at radius 2 is 2.00 bits per heavy atom. The Hall–Kier alpha value is -2.14. The molecule has 22 heavy (non-hydrogen) atoms. The number of amides is 1. The zero-order valence-corrected chi connectivity index (χ0v) is 13.5. The molecular formula is C17H14BrFN2O. The van der Waals surface area contributed by atoms with E-state index in [0.717, 1.165) is 16.6 Å². The molecule has 0 unspecified atom stereocenters. The molecule has 3 rings (SSSR count). The molecule has 0 radical (unpaired) electrons. The smallest absolute Gasteiger partial charge is 0.244 e. The normalized spacial score (nSPS) is 10.9. The Labute approximate surface area is 135 Å². The van der Waals surface area contributed by atoms with E-state index in [1.165, 1.54) is 18.2 Å². The van der Waals surface area contributed by atoms with Crippen LogP contribution in [0.1, 0.15) is 5.69 Å². The second kappa shape index (κ2) is 5.93. The average Bonchev–Trinajstić information content (AvgIpc) is 2.78. The van der Waals surface area contributed by atoms with Gasteiger partial charge in [-0.05, 0) is 58.6 Å². The van der Waals surface area contributed by atoms with Crippen LogP contribution >= 0.6 is 15.9 Å². The molecule has 1 heterocycles. The number of para-hydroxylation sites is 1. The van der Waals surface area contributed by atoms with Crippen LogP contribution in [-0.2, 0) is 11.3 Å². The summed E-state index contributed by atoms with van der Waals surface area (Å²) >= 11 is 3.25. The summed E-state index contributed by atoms with van der Waals surface area (Å²) in [4.78, 5) is 12.3. The number of nitrogens with one attached hydrogen (secondary N) is 1. The summed E-state index contributed by atoms with van der Waals surface area (Å²) in [5.41, 5.74) is 2.60. The highest BCUT2D eigenvalue weighted by atomic mass is 79.9. The van der Waals surface area contributed by atoms with Gasteiger partial charge in [0.05, 0.1) is 5.69 Å². The molecule has 0 bridgehead atoms. The van der Waals surface area contributed by atoms with Crippen molar-refractivity contribution in [2.45, 2.75) is 13.5 Å². The molecular weight excluding hydrogens is 347 g/mol. The molecule has 0 saturated carbocycles. The first-order valence-electron chi connectivity index (χ1n) is 6.84. The highest BCUT2D eigenvalue weighted by molar-refractivity contribution is 9.10. The van der Waals surface area contributed by atoms with E-state index in [0.29, 0.717) is 10.2 Å². The van der Waals surface area contributed by atoms with Gasteiger partial charge >= 0.3 is 0 Å². The molecule has 5 heteroatoms. The van der Waals surface area contributed by atoms with Crippen LogP contribution in [0.3, 0.4) is 0 Å². The van der Waals surface area contributed by atoms with Crippen LogP contribution in [0.15, 0.2) is 53.0 Å². The minimum absolute atomic E-state index is 0.156. The molecule has 0 aliphatic rings. The van der Waals surface area contributed by atoms with Gasteiger partial charge in [-0.2, -0.15) is 0 Å². The standard InChI is InChI=1S/C17H14BrFN2O/c1-11-8-12-4-2-3-5-16(12)21(11)10-17(22)20-15-7-6-13(19)9-14(15)18/h2-9H,10H2,1H3,(H,20,22). The van der Waals surface area contributed by atoms with Crippen molar-refractivity contribution in [2.75, 3.05) is 5.32 Å². The number of aromatic nitrogens is 1. The number of halogens is 2. The topological polar surface area (TPSA) is 34.0 Å². The van der Waals surface area contributed by atoms with E-state index in [-0.39, 0.29) is 18.3 Å². The minimum Gasteiger partial charge on any atom is -0.335 e. The third kappa shape index (κ3) is 2.90. The SMILES string of the molecule is Cc1cc2ccccc2n1CC(=O)Nc1ccc(F)cc1Br. The molecule has 0 aliphatic heterocycles. The van der Waals surface area contributed by atoms with Crippen LogP contribution in [-0.4, -0.2) is 10.5 Å². The van der Waals surface area contributed by atoms with Crippen molar-refractivity contribution >= 4 is 38.4 Å².